The van der Waals surface area contributed by atoms with Gasteiger partial charge in [0, 0.05) is 18.6 Å². The van der Waals surface area contributed by atoms with E-state index in [9.17, 15) is 4.79 Å². The van der Waals surface area contributed by atoms with Crippen LogP contribution in [-0.4, -0.2) is 27.1 Å². The van der Waals surface area contributed by atoms with Crippen molar-refractivity contribution >= 4 is 5.97 Å². The van der Waals surface area contributed by atoms with Crippen LogP contribution >= 0.6 is 0 Å². The number of ether oxygens (including phenoxy) is 1. The summed E-state index contributed by atoms with van der Waals surface area (Å²) in [7, 11) is 0. The third kappa shape index (κ3) is 3.37. The first-order valence-electron chi connectivity index (χ1n) is 7.09. The van der Waals surface area contributed by atoms with E-state index < -0.39 is 0 Å². The molecule has 0 bridgehead atoms. The molecule has 0 amide bonds. The van der Waals surface area contributed by atoms with Crippen molar-refractivity contribution in [1.29, 1.82) is 0 Å². The van der Waals surface area contributed by atoms with Crippen LogP contribution in [-0.2, 0) is 4.74 Å². The van der Waals surface area contributed by atoms with Crippen molar-refractivity contribution in [2.45, 2.75) is 19.3 Å². The van der Waals surface area contributed by atoms with E-state index in [1.54, 1.807) is 41.6 Å². The van der Waals surface area contributed by atoms with E-state index >= 15 is 0 Å². The quantitative estimate of drug-likeness (QED) is 0.639. The molecule has 5 heteroatoms. The highest BCUT2D eigenvalue weighted by atomic mass is 16.5. The second kappa shape index (κ2) is 6.35. The highest BCUT2D eigenvalue weighted by Crippen LogP contribution is 2.19. The summed E-state index contributed by atoms with van der Waals surface area (Å²) < 4.78 is 7.17. The predicted octanol–water partition coefficient (Wildman–Crippen LogP) is 2.78. The molecule has 0 saturated heterocycles. The van der Waals surface area contributed by atoms with Crippen LogP contribution in [0, 0.1) is 5.92 Å². The highest BCUT2D eigenvalue weighted by Gasteiger charge is 2.14. The molecule has 1 atom stereocenters. The van der Waals surface area contributed by atoms with Crippen molar-refractivity contribution in [1.82, 2.24) is 14.5 Å². The number of imidazole rings is 1. The molecular formula is C16H17N3O2. The summed E-state index contributed by atoms with van der Waals surface area (Å²) in [4.78, 5) is 20.3. The molecule has 2 aromatic heterocycles. The highest BCUT2D eigenvalue weighted by molar-refractivity contribution is 5.89. The topological polar surface area (TPSA) is 57.0 Å². The summed E-state index contributed by atoms with van der Waals surface area (Å²) in [6.45, 7) is 0.478. The van der Waals surface area contributed by atoms with Crippen molar-refractivity contribution in [3.63, 3.8) is 0 Å². The molecule has 1 aliphatic rings. The Kier molecular flexibility index (Phi) is 4.09. The largest absolute Gasteiger partial charge is 0.462 e. The van der Waals surface area contributed by atoms with Crippen LogP contribution in [0.15, 0.2) is 49.2 Å². The number of allylic oxidation sites excluding steroid dienone is 2. The molecule has 0 spiro atoms. The zero-order chi connectivity index (χ0) is 14.5. The number of pyridine rings is 1. The van der Waals surface area contributed by atoms with E-state index in [2.05, 4.69) is 22.1 Å². The van der Waals surface area contributed by atoms with Gasteiger partial charge in [0.1, 0.15) is 12.1 Å². The number of hydrogen-bond acceptors (Lipinski definition) is 4. The fraction of sp³-hybridized carbons (Fsp3) is 0.312. The van der Waals surface area contributed by atoms with Gasteiger partial charge in [-0.25, -0.2) is 14.8 Å². The molecule has 108 valence electrons. The van der Waals surface area contributed by atoms with E-state index in [0.29, 0.717) is 23.9 Å². The van der Waals surface area contributed by atoms with Crippen LogP contribution in [0.3, 0.4) is 0 Å². The minimum atomic E-state index is -0.298. The first kappa shape index (κ1) is 13.5. The Morgan fingerprint density at radius 2 is 2.33 bits per heavy atom. The molecule has 0 aromatic carbocycles. The van der Waals surface area contributed by atoms with Crippen molar-refractivity contribution < 1.29 is 9.53 Å². The minimum absolute atomic E-state index is 0.298. The fourth-order valence-corrected chi connectivity index (χ4v) is 2.37. The molecule has 3 rings (SSSR count). The van der Waals surface area contributed by atoms with Gasteiger partial charge in [0.2, 0.25) is 0 Å². The average molecular weight is 283 g/mol. The summed E-state index contributed by atoms with van der Waals surface area (Å²) in [5.41, 5.74) is 0.514. The Bertz CT molecular complexity index is 635. The van der Waals surface area contributed by atoms with Gasteiger partial charge in [-0.15, -0.1) is 0 Å². The van der Waals surface area contributed by atoms with Gasteiger partial charge in [0.15, 0.2) is 0 Å². The van der Waals surface area contributed by atoms with Gasteiger partial charge in [-0.3, -0.25) is 4.57 Å². The third-order valence-corrected chi connectivity index (χ3v) is 3.58. The SMILES string of the molecule is O=C(OC[C@H]1CC=CCC1)c1ccnc(-n2ccnc2)c1. The second-order valence-corrected chi connectivity index (χ2v) is 5.12. The zero-order valence-corrected chi connectivity index (χ0v) is 11.7. The molecular weight excluding hydrogens is 266 g/mol. The number of nitrogens with zero attached hydrogens (tertiary/aromatic N) is 3. The van der Waals surface area contributed by atoms with Crippen LogP contribution in [0.2, 0.25) is 0 Å². The predicted molar refractivity (Wildman–Crippen MR) is 78.1 cm³/mol. The van der Waals surface area contributed by atoms with Gasteiger partial charge in [-0.2, -0.15) is 0 Å². The molecule has 5 nitrogen and oxygen atoms in total. The van der Waals surface area contributed by atoms with Crippen molar-refractivity contribution in [3.05, 3.63) is 54.8 Å². The molecule has 2 heterocycles. The van der Waals surface area contributed by atoms with Crippen molar-refractivity contribution in [2.75, 3.05) is 6.61 Å². The summed E-state index contributed by atoms with van der Waals surface area (Å²) in [6, 6.07) is 3.38. The maximum absolute atomic E-state index is 12.1. The molecule has 1 aliphatic carbocycles. The number of hydrogen-bond donors (Lipinski definition) is 0. The lowest BCUT2D eigenvalue weighted by molar-refractivity contribution is 0.0432. The van der Waals surface area contributed by atoms with Crippen LogP contribution in [0.5, 0.6) is 0 Å². The van der Waals surface area contributed by atoms with Gasteiger partial charge in [0.05, 0.1) is 12.2 Å². The summed E-state index contributed by atoms with van der Waals surface area (Å²) >= 11 is 0. The third-order valence-electron chi connectivity index (χ3n) is 3.58. The Morgan fingerprint density at radius 3 is 3.10 bits per heavy atom. The second-order valence-electron chi connectivity index (χ2n) is 5.12. The lowest BCUT2D eigenvalue weighted by Gasteiger charge is -2.17. The molecule has 0 saturated carbocycles. The molecule has 2 aromatic rings. The van der Waals surface area contributed by atoms with Crippen molar-refractivity contribution in [2.24, 2.45) is 5.92 Å². The van der Waals surface area contributed by atoms with Crippen LogP contribution in [0.25, 0.3) is 5.82 Å². The number of carbonyl (C=O) groups is 1. The molecule has 0 radical (unpaired) electrons. The molecule has 0 unspecified atom stereocenters. The molecule has 0 N–H and O–H groups in total. The van der Waals surface area contributed by atoms with E-state index in [0.717, 1.165) is 19.3 Å². The van der Waals surface area contributed by atoms with Crippen molar-refractivity contribution in [3.8, 4) is 5.82 Å². The van der Waals surface area contributed by atoms with E-state index in [4.69, 9.17) is 4.74 Å². The molecule has 0 fully saturated rings. The number of rotatable bonds is 4. The van der Waals surface area contributed by atoms with Crippen LogP contribution in [0.4, 0.5) is 0 Å². The van der Waals surface area contributed by atoms with E-state index in [1.807, 2.05) is 0 Å². The maximum atomic E-state index is 12.1. The van der Waals surface area contributed by atoms with E-state index in [1.165, 1.54) is 0 Å². The smallest absolute Gasteiger partial charge is 0.338 e. The Hall–Kier alpha value is -2.43. The normalized spacial score (nSPS) is 17.6. The first-order chi connectivity index (χ1) is 10.3. The van der Waals surface area contributed by atoms with E-state index in [-0.39, 0.29) is 5.97 Å². The Balaban J connectivity index is 1.64. The zero-order valence-electron chi connectivity index (χ0n) is 11.7. The minimum Gasteiger partial charge on any atom is -0.462 e. The summed E-state index contributed by atoms with van der Waals surface area (Å²) in [6.07, 6.45) is 14.2. The Morgan fingerprint density at radius 1 is 1.38 bits per heavy atom. The molecule has 0 aliphatic heterocycles. The van der Waals surface area contributed by atoms with Gasteiger partial charge < -0.3 is 4.74 Å². The molecule has 21 heavy (non-hydrogen) atoms. The van der Waals surface area contributed by atoms with Crippen LogP contribution < -0.4 is 0 Å². The van der Waals surface area contributed by atoms with Gasteiger partial charge in [-0.05, 0) is 37.3 Å². The summed E-state index contributed by atoms with van der Waals surface area (Å²) in [5, 5.41) is 0. The Labute approximate surface area is 123 Å². The first-order valence-corrected chi connectivity index (χ1v) is 7.09. The monoisotopic (exact) mass is 283 g/mol. The van der Waals surface area contributed by atoms with Gasteiger partial charge in [0.25, 0.3) is 0 Å². The van der Waals surface area contributed by atoms with Gasteiger partial charge >= 0.3 is 5.97 Å². The van der Waals surface area contributed by atoms with Crippen LogP contribution in [0.1, 0.15) is 29.6 Å². The number of esters is 1. The lowest BCUT2D eigenvalue weighted by Crippen LogP contribution is -2.15. The number of carbonyl (C=O) groups excluding carboxylic acids is 1. The average Bonchev–Trinajstić information content (AvgIpc) is 3.08. The summed E-state index contributed by atoms with van der Waals surface area (Å²) in [5.74, 6) is 0.796. The van der Waals surface area contributed by atoms with Gasteiger partial charge in [-0.1, -0.05) is 12.2 Å². The lowest BCUT2D eigenvalue weighted by atomic mass is 9.95. The fourth-order valence-electron chi connectivity index (χ4n) is 2.37. The standard InChI is InChI=1S/C16H17N3O2/c20-16(21-11-13-4-2-1-3-5-13)14-6-7-18-15(10-14)19-9-8-17-12-19/h1-2,6-10,12-13H,3-5,11H2/t13-/m0/s1. The number of aromatic nitrogens is 3. The maximum Gasteiger partial charge on any atom is 0.338 e.